The zero-order valence-electron chi connectivity index (χ0n) is 9.93. The molecule has 0 bridgehead atoms. The van der Waals surface area contributed by atoms with Gasteiger partial charge in [-0.25, -0.2) is 0 Å². The predicted octanol–water partition coefficient (Wildman–Crippen LogP) is 2.32. The first-order valence-electron chi connectivity index (χ1n) is 5.54. The Balaban J connectivity index is 2.31. The second-order valence-corrected chi connectivity index (χ2v) is 4.52. The van der Waals surface area contributed by atoms with Gasteiger partial charge >= 0.3 is 0 Å². The lowest BCUT2D eigenvalue weighted by Gasteiger charge is -2.06. The van der Waals surface area contributed by atoms with Crippen molar-refractivity contribution in [3.8, 4) is 16.3 Å². The van der Waals surface area contributed by atoms with Gasteiger partial charge in [-0.3, -0.25) is 0 Å². The second kappa shape index (κ2) is 5.75. The third-order valence-corrected chi connectivity index (χ3v) is 3.17. The minimum Gasteiger partial charge on any atom is -0.493 e. The van der Waals surface area contributed by atoms with E-state index >= 15 is 0 Å². The van der Waals surface area contributed by atoms with Crippen LogP contribution in [0.25, 0.3) is 10.6 Å². The number of aromatic nitrogens is 2. The standard InChI is InChI=1S/C12H15N3OS/c1-3-16-10-7-5-4-6-9(10)12-15-14-11(17-12)8-13-2/h4-7,13H,3,8H2,1-2H3. The van der Waals surface area contributed by atoms with Gasteiger partial charge in [-0.15, -0.1) is 10.2 Å². The van der Waals surface area contributed by atoms with E-state index in [-0.39, 0.29) is 0 Å². The Bertz CT molecular complexity index is 484. The maximum atomic E-state index is 5.58. The highest BCUT2D eigenvalue weighted by atomic mass is 32.1. The number of ether oxygens (including phenoxy) is 1. The Morgan fingerprint density at radius 1 is 1.29 bits per heavy atom. The summed E-state index contributed by atoms with van der Waals surface area (Å²) in [6.45, 7) is 3.37. The van der Waals surface area contributed by atoms with E-state index in [0.29, 0.717) is 6.61 Å². The molecule has 0 aliphatic heterocycles. The summed E-state index contributed by atoms with van der Waals surface area (Å²) in [7, 11) is 1.90. The molecule has 1 N–H and O–H groups in total. The van der Waals surface area contributed by atoms with Crippen LogP contribution in [0.2, 0.25) is 0 Å². The molecule has 0 radical (unpaired) electrons. The van der Waals surface area contributed by atoms with E-state index in [1.165, 1.54) is 0 Å². The van der Waals surface area contributed by atoms with E-state index in [9.17, 15) is 0 Å². The van der Waals surface area contributed by atoms with E-state index in [1.54, 1.807) is 11.3 Å². The van der Waals surface area contributed by atoms with Crippen LogP contribution in [0.15, 0.2) is 24.3 Å². The Morgan fingerprint density at radius 3 is 2.88 bits per heavy atom. The van der Waals surface area contributed by atoms with Crippen LogP contribution in [-0.4, -0.2) is 23.9 Å². The van der Waals surface area contributed by atoms with Crippen molar-refractivity contribution in [1.82, 2.24) is 15.5 Å². The van der Waals surface area contributed by atoms with Crippen LogP contribution in [0, 0.1) is 0 Å². The number of hydrogen-bond donors (Lipinski definition) is 1. The molecular weight excluding hydrogens is 234 g/mol. The topological polar surface area (TPSA) is 47.0 Å². The summed E-state index contributed by atoms with van der Waals surface area (Å²) in [6, 6.07) is 7.91. The van der Waals surface area contributed by atoms with Crippen LogP contribution in [0.4, 0.5) is 0 Å². The van der Waals surface area contributed by atoms with Crippen molar-refractivity contribution in [3.05, 3.63) is 29.3 Å². The molecule has 0 atom stereocenters. The van der Waals surface area contributed by atoms with Crippen molar-refractivity contribution in [2.24, 2.45) is 0 Å². The molecule has 17 heavy (non-hydrogen) atoms. The number of nitrogens with zero attached hydrogens (tertiary/aromatic N) is 2. The van der Waals surface area contributed by atoms with Gasteiger partial charge < -0.3 is 10.1 Å². The number of para-hydroxylation sites is 1. The summed E-state index contributed by atoms with van der Waals surface area (Å²) in [5.74, 6) is 0.863. The lowest BCUT2D eigenvalue weighted by Crippen LogP contribution is -2.04. The molecule has 1 aromatic carbocycles. The van der Waals surface area contributed by atoms with Crippen LogP contribution in [0.3, 0.4) is 0 Å². The van der Waals surface area contributed by atoms with Gasteiger partial charge in [0.05, 0.1) is 12.2 Å². The van der Waals surface area contributed by atoms with Gasteiger partial charge in [0.2, 0.25) is 0 Å². The molecule has 0 spiro atoms. The Hall–Kier alpha value is -1.46. The Kier molecular flexibility index (Phi) is 4.06. The van der Waals surface area contributed by atoms with Crippen molar-refractivity contribution >= 4 is 11.3 Å². The zero-order valence-corrected chi connectivity index (χ0v) is 10.8. The Labute approximate surface area is 105 Å². The van der Waals surface area contributed by atoms with Gasteiger partial charge in [-0.05, 0) is 26.1 Å². The number of rotatable bonds is 5. The zero-order chi connectivity index (χ0) is 12.1. The third kappa shape index (κ3) is 2.81. The second-order valence-electron chi connectivity index (χ2n) is 3.46. The maximum Gasteiger partial charge on any atom is 0.151 e. The first-order valence-corrected chi connectivity index (χ1v) is 6.36. The average molecular weight is 249 g/mol. The molecule has 2 rings (SSSR count). The highest BCUT2D eigenvalue weighted by molar-refractivity contribution is 7.14. The van der Waals surface area contributed by atoms with E-state index in [2.05, 4.69) is 15.5 Å². The van der Waals surface area contributed by atoms with Crippen molar-refractivity contribution in [3.63, 3.8) is 0 Å². The van der Waals surface area contributed by atoms with E-state index in [0.717, 1.165) is 27.9 Å². The normalized spacial score (nSPS) is 10.5. The molecule has 4 nitrogen and oxygen atoms in total. The monoisotopic (exact) mass is 249 g/mol. The van der Waals surface area contributed by atoms with Gasteiger partial charge in [0.1, 0.15) is 10.8 Å². The lowest BCUT2D eigenvalue weighted by molar-refractivity contribution is 0.341. The third-order valence-electron chi connectivity index (χ3n) is 2.21. The summed E-state index contributed by atoms with van der Waals surface area (Å²) < 4.78 is 5.58. The quantitative estimate of drug-likeness (QED) is 0.883. The highest BCUT2D eigenvalue weighted by Crippen LogP contribution is 2.31. The summed E-state index contributed by atoms with van der Waals surface area (Å²) in [6.07, 6.45) is 0. The summed E-state index contributed by atoms with van der Waals surface area (Å²) in [4.78, 5) is 0. The van der Waals surface area contributed by atoms with Crippen molar-refractivity contribution in [2.75, 3.05) is 13.7 Å². The maximum absolute atomic E-state index is 5.58. The highest BCUT2D eigenvalue weighted by Gasteiger charge is 2.10. The van der Waals surface area contributed by atoms with Gasteiger partial charge in [0.15, 0.2) is 5.01 Å². The van der Waals surface area contributed by atoms with Gasteiger partial charge in [0.25, 0.3) is 0 Å². The molecule has 90 valence electrons. The minimum atomic E-state index is 0.652. The van der Waals surface area contributed by atoms with E-state index in [1.807, 2.05) is 38.2 Å². The fourth-order valence-corrected chi connectivity index (χ4v) is 2.39. The van der Waals surface area contributed by atoms with Crippen LogP contribution < -0.4 is 10.1 Å². The van der Waals surface area contributed by atoms with Crippen molar-refractivity contribution in [2.45, 2.75) is 13.5 Å². The molecule has 0 fully saturated rings. The first kappa shape index (κ1) is 12.0. The molecule has 2 aromatic rings. The van der Waals surface area contributed by atoms with Gasteiger partial charge in [-0.1, -0.05) is 23.5 Å². The smallest absolute Gasteiger partial charge is 0.151 e. The predicted molar refractivity (Wildman–Crippen MR) is 69.3 cm³/mol. The number of hydrogen-bond acceptors (Lipinski definition) is 5. The molecule has 0 unspecified atom stereocenters. The SMILES string of the molecule is CCOc1ccccc1-c1nnc(CNC)s1. The number of benzene rings is 1. The molecular formula is C12H15N3OS. The molecule has 1 heterocycles. The van der Waals surface area contributed by atoms with Crippen LogP contribution in [-0.2, 0) is 6.54 Å². The summed E-state index contributed by atoms with van der Waals surface area (Å²) >= 11 is 1.59. The van der Waals surface area contributed by atoms with Crippen LogP contribution in [0.1, 0.15) is 11.9 Å². The molecule has 0 saturated heterocycles. The molecule has 5 heteroatoms. The lowest BCUT2D eigenvalue weighted by atomic mass is 10.2. The Morgan fingerprint density at radius 2 is 2.12 bits per heavy atom. The molecule has 0 amide bonds. The molecule has 0 aliphatic carbocycles. The van der Waals surface area contributed by atoms with Crippen LogP contribution >= 0.6 is 11.3 Å². The number of nitrogens with one attached hydrogen (secondary N) is 1. The first-order chi connectivity index (χ1) is 8.35. The fraction of sp³-hybridized carbons (Fsp3) is 0.333. The van der Waals surface area contributed by atoms with E-state index < -0.39 is 0 Å². The van der Waals surface area contributed by atoms with Crippen molar-refractivity contribution < 1.29 is 4.74 Å². The summed E-state index contributed by atoms with van der Waals surface area (Å²) in [5.41, 5.74) is 1.01. The molecule has 0 saturated carbocycles. The summed E-state index contributed by atoms with van der Waals surface area (Å²) in [5, 5.41) is 13.3. The van der Waals surface area contributed by atoms with Crippen LogP contribution in [0.5, 0.6) is 5.75 Å². The average Bonchev–Trinajstić information content (AvgIpc) is 2.79. The van der Waals surface area contributed by atoms with E-state index in [4.69, 9.17) is 4.74 Å². The largest absolute Gasteiger partial charge is 0.493 e. The van der Waals surface area contributed by atoms with Crippen molar-refractivity contribution in [1.29, 1.82) is 0 Å². The molecule has 1 aromatic heterocycles. The minimum absolute atomic E-state index is 0.652. The fourth-order valence-electron chi connectivity index (χ4n) is 1.51. The molecule has 0 aliphatic rings. The van der Waals surface area contributed by atoms with Gasteiger partial charge in [-0.2, -0.15) is 0 Å². The van der Waals surface area contributed by atoms with Gasteiger partial charge in [0, 0.05) is 6.54 Å².